The number of carboxylic acid groups (broad SMARTS) is 1. The number of anilines is 1. The molecule has 17 heavy (non-hydrogen) atoms. The Morgan fingerprint density at radius 1 is 1.35 bits per heavy atom. The first-order valence-corrected chi connectivity index (χ1v) is 5.83. The molecule has 0 atom stereocenters. The molecule has 1 aliphatic rings. The van der Waals surface area contributed by atoms with Crippen LogP contribution in [0.4, 0.5) is 5.69 Å². The summed E-state index contributed by atoms with van der Waals surface area (Å²) in [6.07, 6.45) is 3.20. The fourth-order valence-corrected chi connectivity index (χ4v) is 2.35. The summed E-state index contributed by atoms with van der Waals surface area (Å²) >= 11 is 0. The number of aromatic carboxylic acids is 1. The summed E-state index contributed by atoms with van der Waals surface area (Å²) in [6, 6.07) is 5.45. The van der Waals surface area contributed by atoms with Gasteiger partial charge < -0.3 is 10.0 Å². The van der Waals surface area contributed by atoms with E-state index in [-0.39, 0.29) is 0 Å². The third-order valence-corrected chi connectivity index (χ3v) is 3.12. The molecule has 0 spiro atoms. The normalized spacial score (nSPS) is 15.6. The van der Waals surface area contributed by atoms with Crippen LogP contribution in [-0.2, 0) is 0 Å². The molecule has 1 heterocycles. The second-order valence-corrected chi connectivity index (χ2v) is 4.54. The maximum absolute atomic E-state index is 11.3. The zero-order valence-corrected chi connectivity index (χ0v) is 10.2. The summed E-state index contributed by atoms with van der Waals surface area (Å²) in [5.41, 5.74) is 3.60. The Labute approximate surface area is 101 Å². The summed E-state index contributed by atoms with van der Waals surface area (Å²) in [5, 5.41) is 9.25. The van der Waals surface area contributed by atoms with Crippen LogP contribution in [0.15, 0.2) is 29.8 Å². The molecule has 0 bridgehead atoms. The first-order chi connectivity index (χ1) is 8.09. The summed E-state index contributed by atoms with van der Waals surface area (Å²) in [7, 11) is 0. The molecule has 1 aliphatic heterocycles. The molecule has 1 aromatic carbocycles. The van der Waals surface area contributed by atoms with Crippen molar-refractivity contribution in [1.82, 2.24) is 0 Å². The lowest BCUT2D eigenvalue weighted by Crippen LogP contribution is -2.31. The molecule has 0 amide bonds. The van der Waals surface area contributed by atoms with Crippen LogP contribution in [0, 0.1) is 6.92 Å². The molecule has 0 saturated heterocycles. The summed E-state index contributed by atoms with van der Waals surface area (Å²) in [5.74, 6) is -0.851. The van der Waals surface area contributed by atoms with Gasteiger partial charge in [-0.3, -0.25) is 0 Å². The van der Waals surface area contributed by atoms with E-state index in [4.69, 9.17) is 0 Å². The molecule has 0 radical (unpaired) electrons. The van der Waals surface area contributed by atoms with Crippen molar-refractivity contribution >= 4 is 11.7 Å². The lowest BCUT2D eigenvalue weighted by molar-refractivity contribution is 0.0697. The average molecular weight is 231 g/mol. The first-order valence-electron chi connectivity index (χ1n) is 5.83. The number of aryl methyl sites for hydroxylation is 1. The lowest BCUT2D eigenvalue weighted by atomic mass is 10.0. The molecule has 3 nitrogen and oxygen atoms in total. The summed E-state index contributed by atoms with van der Waals surface area (Å²) < 4.78 is 0. The van der Waals surface area contributed by atoms with Gasteiger partial charge in [-0.2, -0.15) is 0 Å². The summed E-state index contributed by atoms with van der Waals surface area (Å²) in [4.78, 5) is 13.4. The fourth-order valence-electron chi connectivity index (χ4n) is 2.35. The minimum absolute atomic E-state index is 0.403. The number of benzene rings is 1. The highest BCUT2D eigenvalue weighted by molar-refractivity contribution is 5.95. The summed E-state index contributed by atoms with van der Waals surface area (Å²) in [6.45, 7) is 5.77. The van der Waals surface area contributed by atoms with Gasteiger partial charge in [0, 0.05) is 13.1 Å². The van der Waals surface area contributed by atoms with Crippen molar-refractivity contribution < 1.29 is 9.90 Å². The topological polar surface area (TPSA) is 40.5 Å². The molecule has 0 aromatic heterocycles. The smallest absolute Gasteiger partial charge is 0.337 e. The minimum Gasteiger partial charge on any atom is -0.478 e. The van der Waals surface area contributed by atoms with Crippen molar-refractivity contribution in [2.75, 3.05) is 18.0 Å². The molecule has 3 heteroatoms. The van der Waals surface area contributed by atoms with Crippen molar-refractivity contribution in [2.24, 2.45) is 0 Å². The van der Waals surface area contributed by atoms with Crippen LogP contribution in [0.2, 0.25) is 0 Å². The SMILES string of the molecule is CC1=CCCN(c2c(C)cccc2C(=O)O)C1. The van der Waals surface area contributed by atoms with E-state index in [2.05, 4.69) is 17.9 Å². The Hall–Kier alpha value is -1.77. The molecule has 2 rings (SSSR count). The number of nitrogens with zero attached hydrogens (tertiary/aromatic N) is 1. The van der Waals surface area contributed by atoms with Gasteiger partial charge in [-0.05, 0) is 31.9 Å². The lowest BCUT2D eigenvalue weighted by Gasteiger charge is -2.30. The van der Waals surface area contributed by atoms with E-state index in [0.29, 0.717) is 5.56 Å². The van der Waals surface area contributed by atoms with Gasteiger partial charge >= 0.3 is 5.97 Å². The number of hydrogen-bond acceptors (Lipinski definition) is 2. The van der Waals surface area contributed by atoms with E-state index in [0.717, 1.165) is 30.8 Å². The Balaban J connectivity index is 2.43. The molecule has 90 valence electrons. The van der Waals surface area contributed by atoms with Crippen LogP contribution in [0.25, 0.3) is 0 Å². The second-order valence-electron chi connectivity index (χ2n) is 4.54. The highest BCUT2D eigenvalue weighted by Crippen LogP contribution is 2.27. The Morgan fingerprint density at radius 3 is 2.76 bits per heavy atom. The van der Waals surface area contributed by atoms with Crippen molar-refractivity contribution in [1.29, 1.82) is 0 Å². The fraction of sp³-hybridized carbons (Fsp3) is 0.357. The monoisotopic (exact) mass is 231 g/mol. The van der Waals surface area contributed by atoms with E-state index in [9.17, 15) is 9.90 Å². The predicted molar refractivity (Wildman–Crippen MR) is 68.7 cm³/mol. The zero-order chi connectivity index (χ0) is 12.4. The average Bonchev–Trinajstić information content (AvgIpc) is 2.28. The minimum atomic E-state index is -0.851. The van der Waals surface area contributed by atoms with Crippen LogP contribution in [0.1, 0.15) is 29.3 Å². The van der Waals surface area contributed by atoms with E-state index >= 15 is 0 Å². The molecule has 0 fully saturated rings. The van der Waals surface area contributed by atoms with Crippen LogP contribution in [-0.4, -0.2) is 24.2 Å². The number of carboxylic acids is 1. The standard InChI is InChI=1S/C14H17NO2/c1-10-5-4-8-15(9-10)13-11(2)6-3-7-12(13)14(16)17/h3,5-7H,4,8-9H2,1-2H3,(H,16,17). The van der Waals surface area contributed by atoms with Crippen molar-refractivity contribution in [3.05, 3.63) is 41.0 Å². The van der Waals surface area contributed by atoms with Crippen LogP contribution in [0.5, 0.6) is 0 Å². The van der Waals surface area contributed by atoms with Crippen molar-refractivity contribution in [3.8, 4) is 0 Å². The molecular weight excluding hydrogens is 214 g/mol. The van der Waals surface area contributed by atoms with Crippen LogP contribution in [0.3, 0.4) is 0 Å². The maximum Gasteiger partial charge on any atom is 0.337 e. The Morgan fingerprint density at radius 2 is 2.12 bits per heavy atom. The predicted octanol–water partition coefficient (Wildman–Crippen LogP) is 2.85. The van der Waals surface area contributed by atoms with Gasteiger partial charge in [0.1, 0.15) is 0 Å². The molecule has 0 saturated carbocycles. The van der Waals surface area contributed by atoms with E-state index in [1.807, 2.05) is 13.0 Å². The molecular formula is C14H17NO2. The highest BCUT2D eigenvalue weighted by atomic mass is 16.4. The van der Waals surface area contributed by atoms with Gasteiger partial charge in [0.25, 0.3) is 0 Å². The van der Waals surface area contributed by atoms with E-state index < -0.39 is 5.97 Å². The quantitative estimate of drug-likeness (QED) is 0.796. The Bertz CT molecular complexity index is 477. The van der Waals surface area contributed by atoms with E-state index in [1.165, 1.54) is 5.57 Å². The number of hydrogen-bond donors (Lipinski definition) is 1. The Kier molecular flexibility index (Phi) is 3.18. The van der Waals surface area contributed by atoms with Gasteiger partial charge in [-0.15, -0.1) is 0 Å². The number of rotatable bonds is 2. The molecule has 1 aromatic rings. The number of para-hydroxylation sites is 1. The van der Waals surface area contributed by atoms with Gasteiger partial charge in [0.15, 0.2) is 0 Å². The van der Waals surface area contributed by atoms with Gasteiger partial charge in [-0.25, -0.2) is 4.79 Å². The highest BCUT2D eigenvalue weighted by Gasteiger charge is 2.19. The van der Waals surface area contributed by atoms with Gasteiger partial charge in [0.05, 0.1) is 11.3 Å². The third-order valence-electron chi connectivity index (χ3n) is 3.12. The van der Waals surface area contributed by atoms with Gasteiger partial charge in [-0.1, -0.05) is 23.8 Å². The maximum atomic E-state index is 11.3. The third kappa shape index (κ3) is 2.33. The molecule has 0 unspecified atom stereocenters. The first kappa shape index (κ1) is 11.7. The second kappa shape index (κ2) is 4.62. The molecule has 0 aliphatic carbocycles. The van der Waals surface area contributed by atoms with Crippen molar-refractivity contribution in [2.45, 2.75) is 20.3 Å². The van der Waals surface area contributed by atoms with Gasteiger partial charge in [0.2, 0.25) is 0 Å². The largest absolute Gasteiger partial charge is 0.478 e. The molecule has 1 N–H and O–H groups in total. The van der Waals surface area contributed by atoms with Crippen LogP contribution < -0.4 is 4.90 Å². The van der Waals surface area contributed by atoms with Crippen LogP contribution >= 0.6 is 0 Å². The number of carbonyl (C=O) groups is 1. The zero-order valence-electron chi connectivity index (χ0n) is 10.2. The van der Waals surface area contributed by atoms with Crippen molar-refractivity contribution in [3.63, 3.8) is 0 Å². The van der Waals surface area contributed by atoms with E-state index in [1.54, 1.807) is 12.1 Å².